The van der Waals surface area contributed by atoms with Gasteiger partial charge >= 0.3 is 6.09 Å². The predicted molar refractivity (Wildman–Crippen MR) is 108 cm³/mol. The molecule has 7 heteroatoms. The molecule has 0 saturated carbocycles. The van der Waals surface area contributed by atoms with Crippen LogP contribution < -0.4 is 5.32 Å². The van der Waals surface area contributed by atoms with E-state index in [1.54, 1.807) is 0 Å². The highest BCUT2D eigenvalue weighted by Gasteiger charge is 2.27. The molecule has 0 aliphatic carbocycles. The topological polar surface area (TPSA) is 66.4 Å². The van der Waals surface area contributed by atoms with Gasteiger partial charge in [0.2, 0.25) is 0 Å². The summed E-state index contributed by atoms with van der Waals surface area (Å²) in [5.74, 6) is 1.90. The number of hydrogen-bond acceptors (Lipinski definition) is 4. The summed E-state index contributed by atoms with van der Waals surface area (Å²) in [5, 5.41) is 3.39. The summed E-state index contributed by atoms with van der Waals surface area (Å²) in [6.07, 6.45) is 3.02. The molecule has 0 spiro atoms. The van der Waals surface area contributed by atoms with E-state index in [-0.39, 0.29) is 6.09 Å². The second kappa shape index (κ2) is 10.2. The summed E-state index contributed by atoms with van der Waals surface area (Å²) in [4.78, 5) is 21.2. The van der Waals surface area contributed by atoms with Gasteiger partial charge in [-0.05, 0) is 52.9 Å². The third-order valence-corrected chi connectivity index (χ3v) is 4.92. The number of likely N-dealkylation sites (tertiary alicyclic amines) is 1. The third-order valence-electron chi connectivity index (χ3n) is 4.92. The quantitative estimate of drug-likeness (QED) is 0.585. The molecule has 0 radical (unpaired) electrons. The Morgan fingerprint density at radius 2 is 2.11 bits per heavy atom. The number of amides is 1. The Labute approximate surface area is 164 Å². The van der Waals surface area contributed by atoms with E-state index in [0.717, 1.165) is 71.2 Å². The van der Waals surface area contributed by atoms with Gasteiger partial charge in [0.1, 0.15) is 5.60 Å². The Kier molecular flexibility index (Phi) is 8.20. The van der Waals surface area contributed by atoms with E-state index in [1.165, 1.54) is 0 Å². The smallest absolute Gasteiger partial charge is 0.410 e. The van der Waals surface area contributed by atoms with Gasteiger partial charge in [0.15, 0.2) is 5.96 Å². The molecular weight excluding hydrogens is 344 g/mol. The first-order chi connectivity index (χ1) is 12.8. The molecule has 2 unspecified atom stereocenters. The van der Waals surface area contributed by atoms with E-state index in [4.69, 9.17) is 14.5 Å². The van der Waals surface area contributed by atoms with Crippen LogP contribution in [0, 0.1) is 11.8 Å². The van der Waals surface area contributed by atoms with Gasteiger partial charge < -0.3 is 24.6 Å². The van der Waals surface area contributed by atoms with E-state index in [9.17, 15) is 4.79 Å². The van der Waals surface area contributed by atoms with E-state index in [1.807, 2.05) is 25.7 Å². The minimum atomic E-state index is -0.451. The molecule has 0 aromatic rings. The van der Waals surface area contributed by atoms with Crippen molar-refractivity contribution >= 4 is 12.1 Å². The number of nitrogens with one attached hydrogen (secondary N) is 1. The number of rotatable bonds is 5. The Balaban J connectivity index is 1.88. The minimum Gasteiger partial charge on any atom is -0.444 e. The van der Waals surface area contributed by atoms with Crippen molar-refractivity contribution in [2.24, 2.45) is 16.8 Å². The van der Waals surface area contributed by atoms with Gasteiger partial charge in [-0.15, -0.1) is 0 Å². The number of piperidine rings is 1. The molecule has 2 aliphatic heterocycles. The molecule has 0 aromatic carbocycles. The molecule has 7 nitrogen and oxygen atoms in total. The van der Waals surface area contributed by atoms with Crippen LogP contribution in [0.25, 0.3) is 0 Å². The number of aliphatic imine (C=N–C) groups is 1. The monoisotopic (exact) mass is 382 g/mol. The normalized spacial score (nSPS) is 24.0. The van der Waals surface area contributed by atoms with Gasteiger partial charge in [-0.25, -0.2) is 4.79 Å². The second-order valence-corrected chi connectivity index (χ2v) is 8.74. The summed E-state index contributed by atoms with van der Waals surface area (Å²) < 4.78 is 11.0. The van der Waals surface area contributed by atoms with Crippen molar-refractivity contribution in [2.75, 3.05) is 53.0 Å². The summed E-state index contributed by atoms with van der Waals surface area (Å²) in [6.45, 7) is 13.6. The molecule has 2 heterocycles. The van der Waals surface area contributed by atoms with Crippen molar-refractivity contribution < 1.29 is 14.3 Å². The van der Waals surface area contributed by atoms with E-state index >= 15 is 0 Å². The Bertz CT molecular complexity index is 498. The maximum Gasteiger partial charge on any atom is 0.410 e. The summed E-state index contributed by atoms with van der Waals surface area (Å²) in [5.41, 5.74) is -0.451. The molecule has 2 aliphatic rings. The van der Waals surface area contributed by atoms with Gasteiger partial charge in [0.25, 0.3) is 0 Å². The van der Waals surface area contributed by atoms with Crippen LogP contribution in [0.15, 0.2) is 4.99 Å². The summed E-state index contributed by atoms with van der Waals surface area (Å²) >= 11 is 0. The fourth-order valence-electron chi connectivity index (χ4n) is 3.59. The summed E-state index contributed by atoms with van der Waals surface area (Å²) in [7, 11) is 2.09. The lowest BCUT2D eigenvalue weighted by Gasteiger charge is -2.34. The molecule has 156 valence electrons. The number of ether oxygens (including phenoxy) is 2. The fourth-order valence-corrected chi connectivity index (χ4v) is 3.59. The van der Waals surface area contributed by atoms with Crippen molar-refractivity contribution in [1.82, 2.24) is 15.1 Å². The highest BCUT2D eigenvalue weighted by atomic mass is 16.6. The van der Waals surface area contributed by atoms with Crippen LogP contribution in [-0.4, -0.2) is 80.4 Å². The van der Waals surface area contributed by atoms with E-state index in [2.05, 4.69) is 24.2 Å². The molecular formula is C20H38N4O3. The van der Waals surface area contributed by atoms with Crippen molar-refractivity contribution in [3.8, 4) is 0 Å². The lowest BCUT2D eigenvalue weighted by atomic mass is 9.98. The Morgan fingerprint density at radius 1 is 1.33 bits per heavy atom. The van der Waals surface area contributed by atoms with Gasteiger partial charge in [0.05, 0.1) is 6.61 Å². The Morgan fingerprint density at radius 3 is 2.74 bits per heavy atom. The largest absolute Gasteiger partial charge is 0.444 e. The van der Waals surface area contributed by atoms with Crippen molar-refractivity contribution in [3.05, 3.63) is 0 Å². The first kappa shape index (κ1) is 21.8. The fraction of sp³-hybridized carbons (Fsp3) is 0.900. The number of nitrogens with zero attached hydrogens (tertiary/aromatic N) is 3. The highest BCUT2D eigenvalue weighted by molar-refractivity contribution is 5.79. The standard InChI is InChI=1S/C20H38N4O3/c1-6-21-18(23(5)13-17-9-11-26-15-17)22-12-16-8-7-10-24(14-16)19(25)27-20(2,3)4/h16-17H,6-15H2,1-5H3,(H,21,22). The number of carbonyl (C=O) groups excluding carboxylic acids is 1. The minimum absolute atomic E-state index is 0.207. The Hall–Kier alpha value is -1.50. The van der Waals surface area contributed by atoms with Crippen molar-refractivity contribution in [2.45, 2.75) is 52.6 Å². The molecule has 2 rings (SSSR count). The van der Waals surface area contributed by atoms with Crippen LogP contribution in [0.4, 0.5) is 4.79 Å². The number of hydrogen-bond donors (Lipinski definition) is 1. The zero-order valence-electron chi connectivity index (χ0n) is 17.8. The maximum absolute atomic E-state index is 12.3. The zero-order chi connectivity index (χ0) is 19.9. The van der Waals surface area contributed by atoms with Gasteiger partial charge in [-0.2, -0.15) is 0 Å². The number of carbonyl (C=O) groups is 1. The molecule has 2 saturated heterocycles. The molecule has 1 N–H and O–H groups in total. The average Bonchev–Trinajstić information content (AvgIpc) is 3.10. The molecule has 2 atom stereocenters. The van der Waals surface area contributed by atoms with Crippen molar-refractivity contribution in [3.63, 3.8) is 0 Å². The van der Waals surface area contributed by atoms with Gasteiger partial charge in [-0.3, -0.25) is 4.99 Å². The lowest BCUT2D eigenvalue weighted by Crippen LogP contribution is -2.44. The van der Waals surface area contributed by atoms with Gasteiger partial charge in [-0.1, -0.05) is 0 Å². The second-order valence-electron chi connectivity index (χ2n) is 8.74. The predicted octanol–water partition coefficient (Wildman–Crippen LogP) is 2.57. The summed E-state index contributed by atoms with van der Waals surface area (Å²) in [6, 6.07) is 0. The first-order valence-electron chi connectivity index (χ1n) is 10.3. The van der Waals surface area contributed by atoms with Crippen LogP contribution in [0.5, 0.6) is 0 Å². The number of guanidine groups is 1. The third kappa shape index (κ3) is 7.56. The molecule has 1 amide bonds. The maximum atomic E-state index is 12.3. The highest BCUT2D eigenvalue weighted by Crippen LogP contribution is 2.20. The molecule has 27 heavy (non-hydrogen) atoms. The lowest BCUT2D eigenvalue weighted by molar-refractivity contribution is 0.0170. The van der Waals surface area contributed by atoms with Crippen molar-refractivity contribution in [1.29, 1.82) is 0 Å². The van der Waals surface area contributed by atoms with Crippen LogP contribution in [0.3, 0.4) is 0 Å². The van der Waals surface area contributed by atoms with Crippen LogP contribution in [0.1, 0.15) is 47.0 Å². The van der Waals surface area contributed by atoms with Crippen LogP contribution in [0.2, 0.25) is 0 Å². The molecule has 0 aromatic heterocycles. The zero-order valence-corrected chi connectivity index (χ0v) is 17.8. The van der Waals surface area contributed by atoms with Gasteiger partial charge in [0, 0.05) is 52.3 Å². The van der Waals surface area contributed by atoms with E-state index < -0.39 is 5.60 Å². The SMILES string of the molecule is CCNC(=NCC1CCCN(C(=O)OC(C)(C)C)C1)N(C)CC1CCOC1. The average molecular weight is 383 g/mol. The molecule has 2 fully saturated rings. The first-order valence-corrected chi connectivity index (χ1v) is 10.3. The molecule has 0 bridgehead atoms. The van der Waals surface area contributed by atoms with Crippen LogP contribution >= 0.6 is 0 Å². The van der Waals surface area contributed by atoms with E-state index in [0.29, 0.717) is 11.8 Å². The van der Waals surface area contributed by atoms with Crippen LogP contribution in [-0.2, 0) is 9.47 Å².